The zero-order valence-corrected chi connectivity index (χ0v) is 10.4. The molecule has 4 nitrogen and oxygen atoms in total. The van der Waals surface area contributed by atoms with E-state index in [0.29, 0.717) is 18.1 Å². The first-order chi connectivity index (χ1) is 6.89. The van der Waals surface area contributed by atoms with Crippen LogP contribution in [0.15, 0.2) is 5.16 Å². The van der Waals surface area contributed by atoms with Crippen molar-refractivity contribution >= 4 is 27.5 Å². The molecule has 2 fully saturated rings. The van der Waals surface area contributed by atoms with Crippen molar-refractivity contribution in [2.75, 3.05) is 0 Å². The van der Waals surface area contributed by atoms with Crippen LogP contribution in [0.1, 0.15) is 26.7 Å². The fourth-order valence-corrected chi connectivity index (χ4v) is 4.93. The second kappa shape index (κ2) is 2.97. The molecule has 2 rings (SSSR count). The summed E-state index contributed by atoms with van der Waals surface area (Å²) in [5.41, 5.74) is 5.00. The minimum absolute atomic E-state index is 0.00315. The third-order valence-corrected chi connectivity index (χ3v) is 5.59. The molecule has 2 aliphatic rings. The summed E-state index contributed by atoms with van der Waals surface area (Å²) in [6.07, 6.45) is 1.64. The summed E-state index contributed by atoms with van der Waals surface area (Å²) >= 11 is 3.55. The number of oxime groups is 1. The van der Waals surface area contributed by atoms with Crippen LogP contribution in [0.3, 0.4) is 0 Å². The Hall–Kier alpha value is -0.580. The average molecular weight is 275 g/mol. The van der Waals surface area contributed by atoms with Crippen molar-refractivity contribution in [3.63, 3.8) is 0 Å². The Balaban J connectivity index is 2.60. The lowest BCUT2D eigenvalue weighted by molar-refractivity contribution is -0.123. The van der Waals surface area contributed by atoms with Crippen LogP contribution in [0, 0.1) is 16.7 Å². The molecule has 2 aliphatic carbocycles. The van der Waals surface area contributed by atoms with Crippen LogP contribution in [0.25, 0.3) is 0 Å². The van der Waals surface area contributed by atoms with Gasteiger partial charge in [0.15, 0.2) is 0 Å². The molecule has 3 N–H and O–H groups in total. The summed E-state index contributed by atoms with van der Waals surface area (Å²) in [6.45, 7) is 4.01. The van der Waals surface area contributed by atoms with E-state index in [2.05, 4.69) is 21.1 Å². The lowest BCUT2D eigenvalue weighted by atomic mass is 9.70. The summed E-state index contributed by atoms with van der Waals surface area (Å²) in [4.78, 5) is 11.7. The van der Waals surface area contributed by atoms with Crippen LogP contribution in [0.5, 0.6) is 0 Å². The first-order valence-electron chi connectivity index (χ1n) is 5.06. The van der Waals surface area contributed by atoms with Gasteiger partial charge in [0.05, 0.1) is 5.71 Å². The summed E-state index contributed by atoms with van der Waals surface area (Å²) in [5, 5.41) is 12.5. The fraction of sp³-hybridized carbons (Fsp3) is 0.800. The average Bonchev–Trinajstić information content (AvgIpc) is 2.53. The molecule has 84 valence electrons. The van der Waals surface area contributed by atoms with E-state index < -0.39 is 5.41 Å². The molecule has 0 radical (unpaired) electrons. The van der Waals surface area contributed by atoms with Gasteiger partial charge in [-0.1, -0.05) is 34.9 Å². The molecule has 0 spiro atoms. The van der Waals surface area contributed by atoms with Gasteiger partial charge in [-0.05, 0) is 18.8 Å². The number of hydrogen-bond donors (Lipinski definition) is 2. The second-order valence-corrected chi connectivity index (χ2v) is 6.04. The molecule has 0 aromatic carbocycles. The number of amides is 1. The highest BCUT2D eigenvalue weighted by molar-refractivity contribution is 9.09. The Bertz CT molecular complexity index is 353. The van der Waals surface area contributed by atoms with E-state index >= 15 is 0 Å². The number of hydrogen-bond acceptors (Lipinski definition) is 3. The van der Waals surface area contributed by atoms with E-state index in [0.717, 1.165) is 6.42 Å². The minimum atomic E-state index is -0.775. The van der Waals surface area contributed by atoms with Crippen molar-refractivity contribution in [1.29, 1.82) is 0 Å². The Labute approximate surface area is 97.0 Å². The van der Waals surface area contributed by atoms with E-state index in [1.54, 1.807) is 0 Å². The molecular weight excluding hydrogens is 260 g/mol. The molecule has 0 aromatic rings. The Morgan fingerprint density at radius 1 is 1.67 bits per heavy atom. The summed E-state index contributed by atoms with van der Waals surface area (Å²) < 4.78 is 0. The third-order valence-electron chi connectivity index (χ3n) is 4.17. The molecule has 2 saturated carbocycles. The van der Waals surface area contributed by atoms with Crippen LogP contribution in [-0.4, -0.2) is 21.7 Å². The maximum atomic E-state index is 11.6. The Morgan fingerprint density at radius 2 is 2.27 bits per heavy atom. The van der Waals surface area contributed by atoms with Gasteiger partial charge >= 0.3 is 0 Å². The van der Waals surface area contributed by atoms with Crippen LogP contribution in [-0.2, 0) is 4.79 Å². The zero-order valence-electron chi connectivity index (χ0n) is 8.83. The van der Waals surface area contributed by atoms with Crippen molar-refractivity contribution in [3.05, 3.63) is 0 Å². The number of carbonyl (C=O) groups excluding carboxylic acids is 1. The van der Waals surface area contributed by atoms with Crippen molar-refractivity contribution in [1.82, 2.24) is 0 Å². The number of fused-ring (bicyclic) bond motifs is 2. The van der Waals surface area contributed by atoms with E-state index in [1.807, 2.05) is 13.8 Å². The van der Waals surface area contributed by atoms with Gasteiger partial charge in [0, 0.05) is 10.2 Å². The molecule has 3 atom stereocenters. The highest BCUT2D eigenvalue weighted by atomic mass is 79.9. The van der Waals surface area contributed by atoms with Gasteiger partial charge in [0.1, 0.15) is 5.41 Å². The van der Waals surface area contributed by atoms with Gasteiger partial charge in [0.2, 0.25) is 5.91 Å². The molecular formula is C10H15BrN2O2. The molecule has 5 heteroatoms. The summed E-state index contributed by atoms with van der Waals surface area (Å²) in [6, 6.07) is 0. The molecule has 15 heavy (non-hydrogen) atoms. The molecule has 0 saturated heterocycles. The van der Waals surface area contributed by atoms with E-state index in [4.69, 9.17) is 10.9 Å². The zero-order chi connectivity index (χ0) is 11.4. The predicted molar refractivity (Wildman–Crippen MR) is 60.1 cm³/mol. The highest BCUT2D eigenvalue weighted by Crippen LogP contribution is 2.63. The molecule has 0 aliphatic heterocycles. The summed E-state index contributed by atoms with van der Waals surface area (Å²) in [7, 11) is 0. The van der Waals surface area contributed by atoms with E-state index in [-0.39, 0.29) is 16.1 Å². The number of primary amides is 1. The number of nitrogens with two attached hydrogens (primary N) is 1. The molecule has 0 aromatic heterocycles. The number of carbonyl (C=O) groups is 1. The largest absolute Gasteiger partial charge is 0.411 e. The number of nitrogens with zero attached hydrogens (tertiary/aromatic N) is 1. The molecule has 1 amide bonds. The van der Waals surface area contributed by atoms with Gasteiger partial charge in [-0.25, -0.2) is 0 Å². The van der Waals surface area contributed by atoms with E-state index in [9.17, 15) is 4.79 Å². The standard InChI is InChI=1S/C10H15BrN2O2/c1-9(2)5-3-4-10(6(5)11,8(12)14)7(9)13-15/h5-6,15H,3-4H2,1-2H3,(H2,12,14)/b13-7+/t5?,6-,10?/m0/s1. The van der Waals surface area contributed by atoms with E-state index in [1.165, 1.54) is 0 Å². The topological polar surface area (TPSA) is 75.7 Å². The number of rotatable bonds is 1. The molecule has 0 heterocycles. The SMILES string of the molecule is CC1(C)/C(=N\O)C2(C(N)=O)CCC1[C@@H]2Br. The normalized spacial score (nSPS) is 44.9. The van der Waals surface area contributed by atoms with Crippen molar-refractivity contribution < 1.29 is 10.0 Å². The summed E-state index contributed by atoms with van der Waals surface area (Å²) in [5.74, 6) is -0.0684. The van der Waals surface area contributed by atoms with Crippen molar-refractivity contribution in [2.24, 2.45) is 27.6 Å². The van der Waals surface area contributed by atoms with Gasteiger partial charge < -0.3 is 10.9 Å². The number of alkyl halides is 1. The smallest absolute Gasteiger partial charge is 0.230 e. The van der Waals surface area contributed by atoms with Gasteiger partial charge in [-0.15, -0.1) is 0 Å². The van der Waals surface area contributed by atoms with Gasteiger partial charge in [0.25, 0.3) is 0 Å². The monoisotopic (exact) mass is 274 g/mol. The maximum absolute atomic E-state index is 11.6. The van der Waals surface area contributed by atoms with Crippen LogP contribution >= 0.6 is 15.9 Å². The molecule has 2 bridgehead atoms. The lowest BCUT2D eigenvalue weighted by Gasteiger charge is -2.33. The van der Waals surface area contributed by atoms with Crippen LogP contribution in [0.2, 0.25) is 0 Å². The first-order valence-corrected chi connectivity index (χ1v) is 5.97. The highest BCUT2D eigenvalue weighted by Gasteiger charge is 2.68. The van der Waals surface area contributed by atoms with Gasteiger partial charge in [-0.3, -0.25) is 4.79 Å². The van der Waals surface area contributed by atoms with Crippen LogP contribution in [0.4, 0.5) is 0 Å². The second-order valence-electron chi connectivity index (χ2n) is 5.05. The lowest BCUT2D eigenvalue weighted by Crippen LogP contribution is -2.47. The minimum Gasteiger partial charge on any atom is -0.411 e. The Morgan fingerprint density at radius 3 is 2.67 bits per heavy atom. The fourth-order valence-electron chi connectivity index (χ4n) is 3.33. The third kappa shape index (κ3) is 1.02. The maximum Gasteiger partial charge on any atom is 0.230 e. The molecule has 2 unspecified atom stereocenters. The predicted octanol–water partition coefficient (Wildman–Crippen LogP) is 1.50. The van der Waals surface area contributed by atoms with Gasteiger partial charge in [-0.2, -0.15) is 0 Å². The van der Waals surface area contributed by atoms with Crippen molar-refractivity contribution in [2.45, 2.75) is 31.5 Å². The van der Waals surface area contributed by atoms with Crippen LogP contribution < -0.4 is 5.73 Å². The Kier molecular flexibility index (Phi) is 2.16. The van der Waals surface area contributed by atoms with Crippen molar-refractivity contribution in [3.8, 4) is 0 Å². The quantitative estimate of drug-likeness (QED) is 0.432. The number of halogens is 1. The first kappa shape index (κ1) is 10.9.